The molecule has 1 heterocycles. The van der Waals surface area contributed by atoms with Gasteiger partial charge in [-0.1, -0.05) is 31.2 Å². The van der Waals surface area contributed by atoms with E-state index in [1.807, 2.05) is 60.4 Å². The molecular weight excluding hydrogens is 344 g/mol. The monoisotopic (exact) mass is 366 g/mol. The van der Waals surface area contributed by atoms with Crippen molar-refractivity contribution in [3.8, 4) is 17.2 Å². The number of benzene rings is 2. The zero-order valence-electron chi connectivity index (χ0n) is 15.4. The van der Waals surface area contributed by atoms with E-state index < -0.39 is 0 Å². The van der Waals surface area contributed by atoms with Gasteiger partial charge in [0.25, 0.3) is 0 Å². The van der Waals surface area contributed by atoms with Gasteiger partial charge < -0.3 is 14.5 Å². The van der Waals surface area contributed by atoms with Crippen LogP contribution in [0.4, 0.5) is 5.69 Å². The summed E-state index contributed by atoms with van der Waals surface area (Å²) in [6, 6.07) is 16.8. The summed E-state index contributed by atoms with van der Waals surface area (Å²) in [5.74, 6) is 1.53. The largest absolute Gasteiger partial charge is 0.497 e. The van der Waals surface area contributed by atoms with Gasteiger partial charge in [-0.05, 0) is 30.8 Å². The summed E-state index contributed by atoms with van der Waals surface area (Å²) in [5.41, 5.74) is 1.56. The van der Waals surface area contributed by atoms with Crippen molar-refractivity contribution in [2.24, 2.45) is 0 Å². The van der Waals surface area contributed by atoms with Gasteiger partial charge in [0.2, 0.25) is 17.7 Å². The van der Waals surface area contributed by atoms with Crippen LogP contribution in [0.2, 0.25) is 0 Å². The zero-order chi connectivity index (χ0) is 19.1. The fraction of sp³-hybridized carbons (Fsp3) is 0.250. The fourth-order valence-electron chi connectivity index (χ4n) is 2.59. The number of rotatable bonds is 8. The predicted octanol–water partition coefficient (Wildman–Crippen LogP) is 3.21. The van der Waals surface area contributed by atoms with Crippen LogP contribution in [0, 0.1) is 0 Å². The Morgan fingerprint density at radius 3 is 2.70 bits per heavy atom. The van der Waals surface area contributed by atoms with E-state index in [0.29, 0.717) is 36.3 Å². The lowest BCUT2D eigenvalue weighted by Crippen LogP contribution is -2.32. The molecule has 0 fully saturated rings. The summed E-state index contributed by atoms with van der Waals surface area (Å²) < 4.78 is 10.9. The Bertz CT molecular complexity index is 880. The summed E-state index contributed by atoms with van der Waals surface area (Å²) in [4.78, 5) is 14.3. The quantitative estimate of drug-likeness (QED) is 0.659. The number of nitrogens with zero attached hydrogens (tertiary/aromatic N) is 3. The first-order valence-electron chi connectivity index (χ1n) is 8.72. The number of aromatic nitrogens is 2. The average molecular weight is 366 g/mol. The maximum absolute atomic E-state index is 12.3. The van der Waals surface area contributed by atoms with E-state index in [9.17, 15) is 4.79 Å². The summed E-state index contributed by atoms with van der Waals surface area (Å²) in [7, 11) is 1.59. The molecule has 0 radical (unpaired) electrons. The van der Waals surface area contributed by atoms with Gasteiger partial charge in [-0.25, -0.2) is 0 Å². The second-order valence-corrected chi connectivity index (χ2v) is 5.95. The Kier molecular flexibility index (Phi) is 6.17. The van der Waals surface area contributed by atoms with Crippen LogP contribution in [0.5, 0.6) is 5.75 Å². The molecule has 0 aliphatic carbocycles. The summed E-state index contributed by atoms with van der Waals surface area (Å²) in [6.07, 6.45) is 0. The van der Waals surface area contributed by atoms with Crippen LogP contribution in [0.1, 0.15) is 12.8 Å². The van der Waals surface area contributed by atoms with Gasteiger partial charge in [0.05, 0.1) is 20.2 Å². The third-order valence-corrected chi connectivity index (χ3v) is 4.01. The van der Waals surface area contributed by atoms with Crippen LogP contribution in [0.3, 0.4) is 0 Å². The number of ether oxygens (including phenoxy) is 1. The van der Waals surface area contributed by atoms with Crippen LogP contribution in [0.25, 0.3) is 11.5 Å². The molecule has 0 saturated carbocycles. The van der Waals surface area contributed by atoms with Gasteiger partial charge >= 0.3 is 0 Å². The fourth-order valence-corrected chi connectivity index (χ4v) is 2.59. The Labute approximate surface area is 158 Å². The van der Waals surface area contributed by atoms with Gasteiger partial charge in [0.1, 0.15) is 5.75 Å². The molecule has 27 heavy (non-hydrogen) atoms. The standard InChI is InChI=1S/C20H22N4O3/c1-3-24(13-18(25)21-16-10-7-11-17(12-16)26-2)14-19-22-23-20(27-19)15-8-5-4-6-9-15/h4-12H,3,13-14H2,1-2H3,(H,21,25). The predicted molar refractivity (Wildman–Crippen MR) is 102 cm³/mol. The van der Waals surface area contributed by atoms with Gasteiger partial charge in [-0.2, -0.15) is 0 Å². The molecule has 1 amide bonds. The van der Waals surface area contributed by atoms with Crippen LogP contribution in [-0.2, 0) is 11.3 Å². The SMILES string of the molecule is CCN(CC(=O)Nc1cccc(OC)c1)Cc1nnc(-c2ccccc2)o1. The second-order valence-electron chi connectivity index (χ2n) is 5.95. The molecular formula is C20H22N4O3. The van der Waals surface area contributed by atoms with E-state index in [1.165, 1.54) is 0 Å². The van der Waals surface area contributed by atoms with Crippen LogP contribution < -0.4 is 10.1 Å². The van der Waals surface area contributed by atoms with E-state index >= 15 is 0 Å². The first-order valence-corrected chi connectivity index (χ1v) is 8.72. The molecule has 0 atom stereocenters. The van der Waals surface area contributed by atoms with Crippen molar-refractivity contribution in [1.29, 1.82) is 0 Å². The number of carbonyl (C=O) groups excluding carboxylic acids is 1. The number of hydrogen-bond donors (Lipinski definition) is 1. The van der Waals surface area contributed by atoms with E-state index in [-0.39, 0.29) is 12.5 Å². The molecule has 0 aliphatic rings. The second kappa shape index (κ2) is 8.95. The lowest BCUT2D eigenvalue weighted by atomic mass is 10.2. The molecule has 7 nitrogen and oxygen atoms in total. The van der Waals surface area contributed by atoms with E-state index in [1.54, 1.807) is 13.2 Å². The number of anilines is 1. The molecule has 140 valence electrons. The third-order valence-electron chi connectivity index (χ3n) is 4.01. The van der Waals surface area contributed by atoms with Crippen molar-refractivity contribution in [2.75, 3.05) is 25.5 Å². The maximum atomic E-state index is 12.3. The molecule has 3 aromatic rings. The number of carbonyl (C=O) groups is 1. The Morgan fingerprint density at radius 2 is 1.96 bits per heavy atom. The molecule has 0 bridgehead atoms. The van der Waals surface area contributed by atoms with Crippen molar-refractivity contribution in [2.45, 2.75) is 13.5 Å². The van der Waals surface area contributed by atoms with Gasteiger partial charge in [0, 0.05) is 17.3 Å². The topological polar surface area (TPSA) is 80.5 Å². The molecule has 0 spiro atoms. The van der Waals surface area contributed by atoms with Crippen molar-refractivity contribution < 1.29 is 13.9 Å². The Morgan fingerprint density at radius 1 is 1.15 bits per heavy atom. The Hall–Kier alpha value is -3.19. The zero-order valence-corrected chi connectivity index (χ0v) is 15.4. The molecule has 1 N–H and O–H groups in total. The van der Waals surface area contributed by atoms with Crippen LogP contribution in [-0.4, -0.2) is 41.2 Å². The number of methoxy groups -OCH3 is 1. The number of amides is 1. The van der Waals surface area contributed by atoms with Crippen molar-refractivity contribution in [3.05, 3.63) is 60.5 Å². The minimum absolute atomic E-state index is 0.118. The maximum Gasteiger partial charge on any atom is 0.247 e. The van der Waals surface area contributed by atoms with E-state index in [4.69, 9.17) is 9.15 Å². The highest BCUT2D eigenvalue weighted by molar-refractivity contribution is 5.92. The molecule has 0 saturated heterocycles. The molecule has 7 heteroatoms. The van der Waals surface area contributed by atoms with Crippen molar-refractivity contribution in [3.63, 3.8) is 0 Å². The lowest BCUT2D eigenvalue weighted by molar-refractivity contribution is -0.117. The van der Waals surface area contributed by atoms with Crippen molar-refractivity contribution in [1.82, 2.24) is 15.1 Å². The number of likely N-dealkylation sites (N-methyl/N-ethyl adjacent to an activating group) is 1. The average Bonchev–Trinajstić information content (AvgIpc) is 3.16. The lowest BCUT2D eigenvalue weighted by Gasteiger charge is -2.17. The summed E-state index contributed by atoms with van der Waals surface area (Å²) in [5, 5.41) is 11.0. The first-order chi connectivity index (χ1) is 13.2. The van der Waals surface area contributed by atoms with Crippen molar-refractivity contribution >= 4 is 11.6 Å². The van der Waals surface area contributed by atoms with Crippen LogP contribution >= 0.6 is 0 Å². The van der Waals surface area contributed by atoms with E-state index in [2.05, 4.69) is 15.5 Å². The highest BCUT2D eigenvalue weighted by Crippen LogP contribution is 2.18. The molecule has 2 aromatic carbocycles. The minimum Gasteiger partial charge on any atom is -0.497 e. The highest BCUT2D eigenvalue weighted by Gasteiger charge is 2.15. The molecule has 0 aliphatic heterocycles. The normalized spacial score (nSPS) is 10.8. The molecule has 3 rings (SSSR count). The molecule has 1 aromatic heterocycles. The third kappa shape index (κ3) is 5.15. The summed E-state index contributed by atoms with van der Waals surface area (Å²) in [6.45, 7) is 3.28. The number of hydrogen-bond acceptors (Lipinski definition) is 6. The summed E-state index contributed by atoms with van der Waals surface area (Å²) >= 11 is 0. The van der Waals surface area contributed by atoms with Crippen LogP contribution in [0.15, 0.2) is 59.0 Å². The molecule has 0 unspecified atom stereocenters. The smallest absolute Gasteiger partial charge is 0.247 e. The first kappa shape index (κ1) is 18.6. The number of nitrogens with one attached hydrogen (secondary N) is 1. The van der Waals surface area contributed by atoms with Gasteiger partial charge in [0.15, 0.2) is 0 Å². The highest BCUT2D eigenvalue weighted by atomic mass is 16.5. The van der Waals surface area contributed by atoms with Gasteiger partial charge in [-0.15, -0.1) is 10.2 Å². The minimum atomic E-state index is -0.118. The van der Waals surface area contributed by atoms with Gasteiger partial charge in [-0.3, -0.25) is 9.69 Å². The van der Waals surface area contributed by atoms with E-state index in [0.717, 1.165) is 5.56 Å². The Balaban J connectivity index is 1.59.